The van der Waals surface area contributed by atoms with E-state index in [9.17, 15) is 4.39 Å². The number of ether oxygens (including phenoxy) is 1. The molecule has 3 rings (SSSR count). The van der Waals surface area contributed by atoms with Crippen LogP contribution < -0.4 is 5.32 Å². The molecule has 3 nitrogen and oxygen atoms in total. The van der Waals surface area contributed by atoms with E-state index in [1.807, 2.05) is 0 Å². The van der Waals surface area contributed by atoms with Crippen LogP contribution in [0.25, 0.3) is 0 Å². The molecule has 0 saturated carbocycles. The van der Waals surface area contributed by atoms with Gasteiger partial charge in [-0.2, -0.15) is 0 Å². The Morgan fingerprint density at radius 3 is 2.89 bits per heavy atom. The van der Waals surface area contributed by atoms with Gasteiger partial charge < -0.3 is 10.1 Å². The molecule has 2 aliphatic rings. The minimum atomic E-state index is -0.408. The molecule has 0 unspecified atom stereocenters. The highest BCUT2D eigenvalue weighted by atomic mass is 35.5. The van der Waals surface area contributed by atoms with Gasteiger partial charge in [-0.1, -0.05) is 23.4 Å². The standard InChI is InChI=1S/C13H14ClFN2OS/c14-10-7-9(1-2-11(10)15)16-12-17-13(8-19-12)3-5-18-6-4-13/h1-2,7H,3-6,8H2,(H,16,17). The molecule has 1 fully saturated rings. The van der Waals surface area contributed by atoms with Gasteiger partial charge in [0, 0.05) is 24.7 Å². The molecule has 1 aromatic rings. The Hall–Kier alpha value is -0.780. The molecule has 0 atom stereocenters. The number of thioether (sulfide) groups is 1. The van der Waals surface area contributed by atoms with Gasteiger partial charge in [0.15, 0.2) is 5.17 Å². The summed E-state index contributed by atoms with van der Waals surface area (Å²) in [6.07, 6.45) is 1.94. The van der Waals surface area contributed by atoms with E-state index in [4.69, 9.17) is 21.3 Å². The summed E-state index contributed by atoms with van der Waals surface area (Å²) in [5.74, 6) is 0.572. The molecule has 0 aliphatic carbocycles. The van der Waals surface area contributed by atoms with E-state index in [0.29, 0.717) is 0 Å². The van der Waals surface area contributed by atoms with Crippen molar-refractivity contribution in [2.45, 2.75) is 18.4 Å². The van der Waals surface area contributed by atoms with Crippen LogP contribution in [0.5, 0.6) is 0 Å². The molecular weight excluding hydrogens is 287 g/mol. The van der Waals surface area contributed by atoms with E-state index in [-0.39, 0.29) is 10.6 Å². The molecule has 0 amide bonds. The SMILES string of the molecule is Fc1ccc(NC2=NC3(CCOCC3)CS2)cc1Cl. The fourth-order valence-electron chi connectivity index (χ4n) is 2.25. The summed E-state index contributed by atoms with van der Waals surface area (Å²) in [6.45, 7) is 1.55. The Morgan fingerprint density at radius 2 is 2.16 bits per heavy atom. The van der Waals surface area contributed by atoms with Crippen LogP contribution in [-0.2, 0) is 4.74 Å². The van der Waals surface area contributed by atoms with E-state index < -0.39 is 5.82 Å². The van der Waals surface area contributed by atoms with Gasteiger partial charge >= 0.3 is 0 Å². The van der Waals surface area contributed by atoms with Crippen molar-refractivity contribution in [1.82, 2.24) is 0 Å². The monoisotopic (exact) mass is 300 g/mol. The average Bonchev–Trinajstić information content (AvgIpc) is 2.78. The second-order valence-corrected chi connectivity index (χ2v) is 6.17. The summed E-state index contributed by atoms with van der Waals surface area (Å²) in [6, 6.07) is 4.60. The first-order valence-electron chi connectivity index (χ1n) is 6.19. The number of nitrogens with one attached hydrogen (secondary N) is 1. The van der Waals surface area contributed by atoms with Crippen LogP contribution in [0.1, 0.15) is 12.8 Å². The molecule has 6 heteroatoms. The Bertz CT molecular complexity index is 517. The minimum absolute atomic E-state index is 0.0229. The fraction of sp³-hybridized carbons (Fsp3) is 0.462. The van der Waals surface area contributed by atoms with E-state index in [1.54, 1.807) is 23.9 Å². The number of anilines is 1. The molecule has 1 N–H and O–H groups in total. The molecule has 1 aromatic carbocycles. The third kappa shape index (κ3) is 2.88. The van der Waals surface area contributed by atoms with Crippen molar-refractivity contribution in [3.05, 3.63) is 29.0 Å². The van der Waals surface area contributed by atoms with E-state index in [2.05, 4.69) is 5.32 Å². The number of halogens is 2. The second-order valence-electron chi connectivity index (χ2n) is 4.80. The highest BCUT2D eigenvalue weighted by Gasteiger charge is 2.37. The number of amidine groups is 1. The van der Waals surface area contributed by atoms with Gasteiger partial charge in [-0.25, -0.2) is 4.39 Å². The molecular formula is C13H14ClFN2OS. The highest BCUT2D eigenvalue weighted by Crippen LogP contribution is 2.36. The number of nitrogens with zero attached hydrogens (tertiary/aromatic N) is 1. The average molecular weight is 301 g/mol. The van der Waals surface area contributed by atoms with Crippen LogP contribution in [0, 0.1) is 5.82 Å². The van der Waals surface area contributed by atoms with Crippen LogP contribution in [0.2, 0.25) is 5.02 Å². The van der Waals surface area contributed by atoms with Gasteiger partial charge in [0.25, 0.3) is 0 Å². The van der Waals surface area contributed by atoms with E-state index in [1.165, 1.54) is 6.07 Å². The normalized spacial score (nSPS) is 21.5. The van der Waals surface area contributed by atoms with Crippen molar-refractivity contribution in [3.63, 3.8) is 0 Å². The van der Waals surface area contributed by atoms with Crippen LogP contribution in [0.3, 0.4) is 0 Å². The first-order valence-corrected chi connectivity index (χ1v) is 7.56. The molecule has 2 aliphatic heterocycles. The minimum Gasteiger partial charge on any atom is -0.381 e. The van der Waals surface area contributed by atoms with Crippen molar-refractivity contribution in [2.75, 3.05) is 24.3 Å². The lowest BCUT2D eigenvalue weighted by Gasteiger charge is -2.29. The van der Waals surface area contributed by atoms with Crippen molar-refractivity contribution in [2.24, 2.45) is 4.99 Å². The Morgan fingerprint density at radius 1 is 1.37 bits per heavy atom. The molecule has 1 saturated heterocycles. The molecule has 1 spiro atoms. The topological polar surface area (TPSA) is 33.6 Å². The summed E-state index contributed by atoms with van der Waals surface area (Å²) < 4.78 is 18.5. The number of hydrogen-bond donors (Lipinski definition) is 1. The van der Waals surface area contributed by atoms with Gasteiger partial charge in [-0.05, 0) is 31.0 Å². The Labute approximate surface area is 120 Å². The third-order valence-electron chi connectivity index (χ3n) is 3.41. The molecule has 0 radical (unpaired) electrons. The predicted molar refractivity (Wildman–Crippen MR) is 77.7 cm³/mol. The largest absolute Gasteiger partial charge is 0.381 e. The van der Waals surface area contributed by atoms with Gasteiger partial charge in [-0.3, -0.25) is 4.99 Å². The maximum absolute atomic E-state index is 13.1. The zero-order valence-corrected chi connectivity index (χ0v) is 11.9. The Balaban J connectivity index is 1.73. The number of benzene rings is 1. The zero-order chi connectivity index (χ0) is 13.3. The lowest BCUT2D eigenvalue weighted by molar-refractivity contribution is 0.0624. The summed E-state index contributed by atoms with van der Waals surface area (Å²) in [5.41, 5.74) is 0.788. The first-order chi connectivity index (χ1) is 9.17. The molecule has 2 heterocycles. The van der Waals surface area contributed by atoms with Gasteiger partial charge in [0.1, 0.15) is 5.82 Å². The summed E-state index contributed by atoms with van der Waals surface area (Å²) in [7, 11) is 0. The summed E-state index contributed by atoms with van der Waals surface area (Å²) >= 11 is 7.46. The van der Waals surface area contributed by atoms with Crippen molar-refractivity contribution in [3.8, 4) is 0 Å². The number of rotatable bonds is 1. The van der Waals surface area contributed by atoms with E-state index >= 15 is 0 Å². The highest BCUT2D eigenvalue weighted by molar-refractivity contribution is 8.14. The van der Waals surface area contributed by atoms with Gasteiger partial charge in [-0.15, -0.1) is 0 Å². The third-order valence-corrected chi connectivity index (χ3v) is 4.85. The maximum atomic E-state index is 13.1. The number of aliphatic imine (C=N–C) groups is 1. The number of hydrogen-bond acceptors (Lipinski definition) is 4. The van der Waals surface area contributed by atoms with Crippen molar-refractivity contribution < 1.29 is 9.13 Å². The molecule has 19 heavy (non-hydrogen) atoms. The lowest BCUT2D eigenvalue weighted by atomic mass is 9.93. The van der Waals surface area contributed by atoms with Gasteiger partial charge in [0.05, 0.1) is 10.6 Å². The Kier molecular flexibility index (Phi) is 3.69. The molecule has 0 aromatic heterocycles. The summed E-state index contributed by atoms with van der Waals surface area (Å²) in [4.78, 5) is 4.78. The first kappa shape index (κ1) is 13.2. The fourth-order valence-corrected chi connectivity index (χ4v) is 3.64. The zero-order valence-electron chi connectivity index (χ0n) is 10.3. The smallest absolute Gasteiger partial charge is 0.161 e. The molecule has 102 valence electrons. The maximum Gasteiger partial charge on any atom is 0.161 e. The van der Waals surface area contributed by atoms with E-state index in [0.717, 1.165) is 42.7 Å². The predicted octanol–water partition coefficient (Wildman–Crippen LogP) is 3.54. The van der Waals surface area contributed by atoms with Crippen LogP contribution in [-0.4, -0.2) is 29.7 Å². The summed E-state index contributed by atoms with van der Waals surface area (Å²) in [5, 5.41) is 4.20. The van der Waals surface area contributed by atoms with Gasteiger partial charge in [0.2, 0.25) is 0 Å². The van der Waals surface area contributed by atoms with Crippen LogP contribution >= 0.6 is 23.4 Å². The van der Waals surface area contributed by atoms with Crippen LogP contribution in [0.15, 0.2) is 23.2 Å². The quantitative estimate of drug-likeness (QED) is 0.861. The van der Waals surface area contributed by atoms with Crippen molar-refractivity contribution in [1.29, 1.82) is 0 Å². The second kappa shape index (κ2) is 5.31. The lowest BCUT2D eigenvalue weighted by Crippen LogP contribution is -2.34. The van der Waals surface area contributed by atoms with Crippen LogP contribution in [0.4, 0.5) is 10.1 Å². The molecule has 0 bridgehead atoms. The van der Waals surface area contributed by atoms with Crippen molar-refractivity contribution >= 4 is 34.2 Å².